The molecule has 0 saturated carbocycles. The Hall–Kier alpha value is -0.610. The second kappa shape index (κ2) is 8.01. The maximum Gasteiger partial charge on any atom is 0.248 e. The van der Waals surface area contributed by atoms with Crippen LogP contribution in [0.1, 0.15) is 26.2 Å². The molecule has 0 aliphatic heterocycles. The molecule has 0 aromatic carbocycles. The fourth-order valence-corrected chi connectivity index (χ4v) is 0.876. The van der Waals surface area contributed by atoms with Gasteiger partial charge in [0, 0.05) is 20.3 Å². The van der Waals surface area contributed by atoms with Gasteiger partial charge >= 0.3 is 0 Å². The highest BCUT2D eigenvalue weighted by Crippen LogP contribution is 1.93. The molecule has 78 valence electrons. The van der Waals surface area contributed by atoms with Crippen LogP contribution in [0.5, 0.6) is 0 Å². The minimum atomic E-state index is -0.377. The third-order valence-electron chi connectivity index (χ3n) is 1.86. The molecular weight excluding hydrogens is 170 g/mol. The summed E-state index contributed by atoms with van der Waals surface area (Å²) < 4.78 is 4.84. The molecule has 1 unspecified atom stereocenters. The Labute approximate surface area is 79.3 Å². The van der Waals surface area contributed by atoms with Crippen molar-refractivity contribution in [1.82, 2.24) is 5.32 Å². The first kappa shape index (κ1) is 12.4. The van der Waals surface area contributed by atoms with E-state index in [1.54, 1.807) is 6.92 Å². The van der Waals surface area contributed by atoms with Crippen LogP contribution in [0.3, 0.4) is 0 Å². The predicted octanol–water partition coefficient (Wildman–Crippen LogP) is 0.300. The highest BCUT2D eigenvalue weighted by atomic mass is 16.5. The van der Waals surface area contributed by atoms with Crippen LogP contribution in [0.4, 0.5) is 0 Å². The topological polar surface area (TPSA) is 58.6 Å². The quantitative estimate of drug-likeness (QED) is 0.566. The first-order valence-electron chi connectivity index (χ1n) is 4.63. The molecule has 0 aliphatic rings. The van der Waals surface area contributed by atoms with Gasteiger partial charge in [-0.05, 0) is 26.2 Å². The summed E-state index contributed by atoms with van der Waals surface area (Å²) in [4.78, 5) is 11.1. The lowest BCUT2D eigenvalue weighted by Gasteiger charge is -2.09. The summed E-state index contributed by atoms with van der Waals surface area (Å²) in [5.41, 5.74) is 0. The van der Waals surface area contributed by atoms with E-state index in [-0.39, 0.29) is 18.6 Å². The predicted molar refractivity (Wildman–Crippen MR) is 50.4 cm³/mol. The number of methoxy groups -OCH3 is 1. The number of rotatable bonds is 7. The van der Waals surface area contributed by atoms with Gasteiger partial charge in [-0.2, -0.15) is 0 Å². The first-order valence-corrected chi connectivity index (χ1v) is 4.63. The monoisotopic (exact) mass is 189 g/mol. The summed E-state index contributed by atoms with van der Waals surface area (Å²) in [7, 11) is 1.51. The van der Waals surface area contributed by atoms with E-state index in [2.05, 4.69) is 5.32 Å². The summed E-state index contributed by atoms with van der Waals surface area (Å²) in [6.45, 7) is 2.60. The smallest absolute Gasteiger partial charge is 0.248 e. The molecule has 0 spiro atoms. The number of aliphatic hydroxyl groups is 1. The van der Waals surface area contributed by atoms with Crippen molar-refractivity contribution in [3.8, 4) is 0 Å². The molecule has 4 nitrogen and oxygen atoms in total. The number of hydrogen-bond acceptors (Lipinski definition) is 3. The molecule has 0 radical (unpaired) electrons. The number of unbranched alkanes of at least 4 members (excludes halogenated alkanes) is 2. The van der Waals surface area contributed by atoms with Gasteiger partial charge in [0.05, 0.1) is 0 Å². The largest absolute Gasteiger partial charge is 0.396 e. The highest BCUT2D eigenvalue weighted by Gasteiger charge is 2.09. The fourth-order valence-electron chi connectivity index (χ4n) is 0.876. The summed E-state index contributed by atoms with van der Waals surface area (Å²) >= 11 is 0. The minimum Gasteiger partial charge on any atom is -0.396 e. The van der Waals surface area contributed by atoms with Gasteiger partial charge < -0.3 is 15.2 Å². The lowest BCUT2D eigenvalue weighted by molar-refractivity contribution is -0.130. The van der Waals surface area contributed by atoms with Gasteiger partial charge in [-0.3, -0.25) is 4.79 Å². The van der Waals surface area contributed by atoms with Gasteiger partial charge in [-0.25, -0.2) is 0 Å². The summed E-state index contributed by atoms with van der Waals surface area (Å²) in [6.07, 6.45) is 2.27. The van der Waals surface area contributed by atoms with E-state index >= 15 is 0 Å². The Bertz CT molecular complexity index is 139. The summed E-state index contributed by atoms with van der Waals surface area (Å²) in [6, 6.07) is 0. The van der Waals surface area contributed by atoms with Crippen LogP contribution in [-0.4, -0.2) is 37.4 Å². The van der Waals surface area contributed by atoms with Crippen LogP contribution in [0.15, 0.2) is 0 Å². The van der Waals surface area contributed by atoms with Gasteiger partial charge in [-0.1, -0.05) is 0 Å². The van der Waals surface area contributed by atoms with E-state index in [4.69, 9.17) is 9.84 Å². The molecule has 13 heavy (non-hydrogen) atoms. The first-order chi connectivity index (χ1) is 6.22. The van der Waals surface area contributed by atoms with Crippen molar-refractivity contribution < 1.29 is 14.6 Å². The number of nitrogens with one attached hydrogen (secondary N) is 1. The van der Waals surface area contributed by atoms with Crippen molar-refractivity contribution in [2.24, 2.45) is 0 Å². The van der Waals surface area contributed by atoms with E-state index in [9.17, 15) is 4.79 Å². The number of amides is 1. The molecule has 0 bridgehead atoms. The summed E-state index contributed by atoms with van der Waals surface area (Å²) in [5, 5.41) is 11.2. The molecule has 0 heterocycles. The van der Waals surface area contributed by atoms with Gasteiger partial charge in [0.15, 0.2) is 0 Å². The maximum absolute atomic E-state index is 11.1. The SMILES string of the molecule is COC(C)C(=O)NCCCCCO. The molecule has 0 aliphatic carbocycles. The van der Waals surface area contributed by atoms with Gasteiger partial charge in [0.25, 0.3) is 0 Å². The van der Waals surface area contributed by atoms with Crippen LogP contribution in [0.25, 0.3) is 0 Å². The standard InChI is InChI=1S/C9H19NO3/c1-8(13-2)9(12)10-6-4-3-5-7-11/h8,11H,3-7H2,1-2H3,(H,10,12). The Morgan fingerprint density at radius 3 is 2.69 bits per heavy atom. The summed E-state index contributed by atoms with van der Waals surface area (Å²) in [5.74, 6) is -0.0773. The molecule has 0 saturated heterocycles. The van der Waals surface area contributed by atoms with Gasteiger partial charge in [-0.15, -0.1) is 0 Å². The van der Waals surface area contributed by atoms with Crippen molar-refractivity contribution >= 4 is 5.91 Å². The fraction of sp³-hybridized carbons (Fsp3) is 0.889. The van der Waals surface area contributed by atoms with Gasteiger partial charge in [0.1, 0.15) is 6.10 Å². The van der Waals surface area contributed by atoms with E-state index in [1.165, 1.54) is 7.11 Å². The zero-order valence-electron chi connectivity index (χ0n) is 8.38. The minimum absolute atomic E-state index is 0.0773. The van der Waals surface area contributed by atoms with Crippen LogP contribution >= 0.6 is 0 Å². The molecule has 1 amide bonds. The molecule has 1 atom stereocenters. The molecule has 0 rings (SSSR count). The normalized spacial score (nSPS) is 12.5. The Morgan fingerprint density at radius 1 is 1.46 bits per heavy atom. The van der Waals surface area contributed by atoms with E-state index < -0.39 is 0 Å². The molecule has 0 fully saturated rings. The zero-order valence-corrected chi connectivity index (χ0v) is 8.38. The van der Waals surface area contributed by atoms with E-state index in [1.807, 2.05) is 0 Å². The Kier molecular flexibility index (Phi) is 7.63. The number of carbonyl (C=O) groups excluding carboxylic acids is 1. The highest BCUT2D eigenvalue weighted by molar-refractivity contribution is 5.80. The van der Waals surface area contributed by atoms with Crippen LogP contribution < -0.4 is 5.32 Å². The van der Waals surface area contributed by atoms with Crippen molar-refractivity contribution in [1.29, 1.82) is 0 Å². The molecular formula is C9H19NO3. The average molecular weight is 189 g/mol. The second-order valence-electron chi connectivity index (χ2n) is 2.95. The number of hydrogen-bond donors (Lipinski definition) is 2. The van der Waals surface area contributed by atoms with Crippen molar-refractivity contribution in [3.05, 3.63) is 0 Å². The number of ether oxygens (including phenoxy) is 1. The van der Waals surface area contributed by atoms with E-state index in [0.29, 0.717) is 6.54 Å². The van der Waals surface area contributed by atoms with Crippen LogP contribution in [-0.2, 0) is 9.53 Å². The lowest BCUT2D eigenvalue weighted by atomic mass is 10.2. The third kappa shape index (κ3) is 6.54. The van der Waals surface area contributed by atoms with Crippen LogP contribution in [0, 0.1) is 0 Å². The molecule has 4 heteroatoms. The second-order valence-corrected chi connectivity index (χ2v) is 2.95. The van der Waals surface area contributed by atoms with Crippen LogP contribution in [0.2, 0.25) is 0 Å². The number of aliphatic hydroxyl groups excluding tert-OH is 1. The zero-order chi connectivity index (χ0) is 10.1. The van der Waals surface area contributed by atoms with Crippen molar-refractivity contribution in [2.75, 3.05) is 20.3 Å². The Balaban J connectivity index is 3.27. The third-order valence-corrected chi connectivity index (χ3v) is 1.86. The van der Waals surface area contributed by atoms with Gasteiger partial charge in [0.2, 0.25) is 5.91 Å². The van der Waals surface area contributed by atoms with Crippen molar-refractivity contribution in [2.45, 2.75) is 32.3 Å². The lowest BCUT2D eigenvalue weighted by Crippen LogP contribution is -2.34. The number of carbonyl (C=O) groups is 1. The maximum atomic E-state index is 11.1. The van der Waals surface area contributed by atoms with Crippen molar-refractivity contribution in [3.63, 3.8) is 0 Å². The molecule has 0 aromatic heterocycles. The molecule has 0 aromatic rings. The average Bonchev–Trinajstić information content (AvgIpc) is 2.16. The molecule has 2 N–H and O–H groups in total. The van der Waals surface area contributed by atoms with E-state index in [0.717, 1.165) is 19.3 Å². The Morgan fingerprint density at radius 2 is 2.15 bits per heavy atom.